The van der Waals surface area contributed by atoms with Crippen molar-refractivity contribution >= 4 is 5.71 Å². The predicted molar refractivity (Wildman–Crippen MR) is 141 cm³/mol. The number of ether oxygens (including phenoxy) is 1. The molecule has 5 unspecified atom stereocenters. The lowest BCUT2D eigenvalue weighted by atomic mass is 9.79. The number of allylic oxidation sites excluding steroid dienone is 1. The van der Waals surface area contributed by atoms with Crippen LogP contribution >= 0.6 is 0 Å². The zero-order valence-electron chi connectivity index (χ0n) is 22.7. The first-order valence-electron chi connectivity index (χ1n) is 14.4. The second-order valence-electron chi connectivity index (χ2n) is 11.1. The van der Waals surface area contributed by atoms with Gasteiger partial charge in [0.1, 0.15) is 12.7 Å². The van der Waals surface area contributed by atoms with E-state index in [1.54, 1.807) is 12.3 Å². The average molecular weight is 521 g/mol. The summed E-state index contributed by atoms with van der Waals surface area (Å²) in [5, 5.41) is 1.11. The molecule has 1 aromatic rings. The van der Waals surface area contributed by atoms with E-state index in [1.165, 1.54) is 19.3 Å². The maximum absolute atomic E-state index is 15.1. The van der Waals surface area contributed by atoms with Crippen molar-refractivity contribution in [3.8, 4) is 0 Å². The molecule has 1 aliphatic carbocycles. The molecule has 5 atom stereocenters. The molecular formula is C30H43F3N2O2. The minimum atomic E-state index is -1.66. The Morgan fingerprint density at radius 1 is 1.11 bits per heavy atom. The Kier molecular flexibility index (Phi) is 10.1. The lowest BCUT2D eigenvalue weighted by molar-refractivity contribution is -0.182. The maximum Gasteiger partial charge on any atom is 0.288 e. The first kappa shape index (κ1) is 28.2. The third-order valence-electron chi connectivity index (χ3n) is 8.00. The van der Waals surface area contributed by atoms with Gasteiger partial charge in [-0.05, 0) is 60.8 Å². The van der Waals surface area contributed by atoms with E-state index >= 15 is 4.39 Å². The van der Waals surface area contributed by atoms with Gasteiger partial charge in [-0.25, -0.2) is 18.8 Å². The summed E-state index contributed by atoms with van der Waals surface area (Å²) in [4.78, 5) is 9.80. The smallest absolute Gasteiger partial charge is 0.288 e. The van der Waals surface area contributed by atoms with E-state index in [0.29, 0.717) is 48.6 Å². The molecule has 0 bridgehead atoms. The highest BCUT2D eigenvalue weighted by molar-refractivity contribution is 5.97. The molecule has 0 radical (unpaired) electrons. The van der Waals surface area contributed by atoms with E-state index in [9.17, 15) is 8.78 Å². The molecule has 206 valence electrons. The number of halogens is 3. The van der Waals surface area contributed by atoms with Crippen LogP contribution in [0.3, 0.4) is 0 Å². The highest BCUT2D eigenvalue weighted by Gasteiger charge is 2.39. The lowest BCUT2D eigenvalue weighted by Gasteiger charge is -2.30. The van der Waals surface area contributed by atoms with Crippen LogP contribution in [-0.2, 0) is 28.8 Å². The molecule has 1 saturated heterocycles. The minimum absolute atomic E-state index is 0.0137. The summed E-state index contributed by atoms with van der Waals surface area (Å²) >= 11 is 0. The molecule has 2 aliphatic heterocycles. The number of aliphatic imine (C=N–C) groups is 1. The normalized spacial score (nSPS) is 25.7. The number of epoxide rings is 1. The second kappa shape index (κ2) is 13.3. The Bertz CT molecular complexity index is 967. The number of hydrogen-bond donors (Lipinski definition) is 0. The van der Waals surface area contributed by atoms with E-state index in [2.05, 4.69) is 25.8 Å². The fourth-order valence-electron chi connectivity index (χ4n) is 5.63. The summed E-state index contributed by atoms with van der Waals surface area (Å²) in [5.41, 5.74) is 2.35. The first-order valence-corrected chi connectivity index (χ1v) is 14.4. The number of aryl methyl sites for hydroxylation is 1. The highest BCUT2D eigenvalue weighted by Crippen LogP contribution is 2.34. The number of hydrogen-bond acceptors (Lipinski definition) is 4. The van der Waals surface area contributed by atoms with Crippen molar-refractivity contribution in [1.82, 2.24) is 5.06 Å². The summed E-state index contributed by atoms with van der Waals surface area (Å²) in [7, 11) is 0. The van der Waals surface area contributed by atoms with Gasteiger partial charge in [0.25, 0.3) is 6.42 Å². The van der Waals surface area contributed by atoms with Crippen LogP contribution in [0.5, 0.6) is 0 Å². The number of nitrogens with zero attached hydrogens (tertiary/aromatic N) is 2. The highest BCUT2D eigenvalue weighted by atomic mass is 19.2. The Morgan fingerprint density at radius 3 is 2.68 bits per heavy atom. The van der Waals surface area contributed by atoms with Crippen molar-refractivity contribution in [3.63, 3.8) is 0 Å². The van der Waals surface area contributed by atoms with Crippen molar-refractivity contribution < 1.29 is 22.7 Å². The van der Waals surface area contributed by atoms with Gasteiger partial charge in [0, 0.05) is 17.8 Å². The third kappa shape index (κ3) is 7.38. The summed E-state index contributed by atoms with van der Waals surface area (Å²) in [6.07, 6.45) is 13.1. The molecule has 0 aromatic heterocycles. The number of rotatable bonds is 14. The van der Waals surface area contributed by atoms with Crippen molar-refractivity contribution in [3.05, 3.63) is 46.7 Å². The second-order valence-corrected chi connectivity index (χ2v) is 11.1. The van der Waals surface area contributed by atoms with Gasteiger partial charge >= 0.3 is 0 Å². The third-order valence-corrected chi connectivity index (χ3v) is 8.00. The summed E-state index contributed by atoms with van der Waals surface area (Å²) in [5.74, 6) is -1.29. The van der Waals surface area contributed by atoms with Crippen LogP contribution < -0.4 is 0 Å². The zero-order valence-corrected chi connectivity index (χ0v) is 22.7. The monoisotopic (exact) mass is 520 g/mol. The Hall–Kier alpha value is -1.86. The molecular weight excluding hydrogens is 477 g/mol. The van der Waals surface area contributed by atoms with E-state index in [1.807, 2.05) is 6.07 Å². The molecule has 0 saturated carbocycles. The van der Waals surface area contributed by atoms with E-state index in [-0.39, 0.29) is 18.1 Å². The fourth-order valence-corrected chi connectivity index (χ4v) is 5.63. The first-order chi connectivity index (χ1) is 17.9. The van der Waals surface area contributed by atoms with Crippen molar-refractivity contribution in [2.24, 2.45) is 16.8 Å². The molecule has 4 rings (SSSR count). The summed E-state index contributed by atoms with van der Waals surface area (Å²) < 4.78 is 50.5. The summed E-state index contributed by atoms with van der Waals surface area (Å²) in [6.45, 7) is 6.73. The van der Waals surface area contributed by atoms with Gasteiger partial charge in [-0.15, -0.1) is 0 Å². The topological polar surface area (TPSA) is 37.4 Å². The van der Waals surface area contributed by atoms with Crippen LogP contribution in [0.4, 0.5) is 13.2 Å². The molecule has 1 aromatic carbocycles. The van der Waals surface area contributed by atoms with E-state index in [4.69, 9.17) is 9.57 Å². The number of benzene rings is 1. The van der Waals surface area contributed by atoms with Crippen LogP contribution in [0.25, 0.3) is 0 Å². The Labute approximate surface area is 220 Å². The maximum atomic E-state index is 15.1. The van der Waals surface area contributed by atoms with Gasteiger partial charge in [0.2, 0.25) is 0 Å². The largest absolute Gasteiger partial charge is 0.367 e. The Morgan fingerprint density at radius 2 is 1.92 bits per heavy atom. The number of unbranched alkanes of at least 4 members (excludes halogenated alkanes) is 4. The van der Waals surface area contributed by atoms with E-state index < -0.39 is 18.1 Å². The summed E-state index contributed by atoms with van der Waals surface area (Å²) in [6, 6.07) is 1.86. The van der Waals surface area contributed by atoms with Gasteiger partial charge in [0.05, 0.1) is 6.10 Å². The van der Waals surface area contributed by atoms with Gasteiger partial charge in [0.15, 0.2) is 11.6 Å². The quantitative estimate of drug-likeness (QED) is 0.144. The van der Waals surface area contributed by atoms with E-state index in [0.717, 1.165) is 49.2 Å². The SMILES string of the molecule is CCCCCCC1OC1CON1C=CC(C2CCc3cc(CC(C)CCCC)c(F)c(F)c3C2)=NC1F. The van der Waals surface area contributed by atoms with Crippen LogP contribution in [0.2, 0.25) is 0 Å². The van der Waals surface area contributed by atoms with Gasteiger partial charge < -0.3 is 4.74 Å². The fraction of sp³-hybridized carbons (Fsp3) is 0.700. The van der Waals surface area contributed by atoms with Gasteiger partial charge in [-0.1, -0.05) is 71.8 Å². The van der Waals surface area contributed by atoms with Gasteiger partial charge in [-0.2, -0.15) is 4.39 Å². The van der Waals surface area contributed by atoms with Crippen LogP contribution in [-0.4, -0.2) is 36.0 Å². The molecule has 0 N–H and O–H groups in total. The molecule has 2 heterocycles. The zero-order chi connectivity index (χ0) is 26.4. The van der Waals surface area contributed by atoms with Crippen LogP contribution in [0.1, 0.15) is 95.2 Å². The lowest BCUT2D eigenvalue weighted by Crippen LogP contribution is -2.34. The average Bonchev–Trinajstić information content (AvgIpc) is 3.65. The van der Waals surface area contributed by atoms with Crippen molar-refractivity contribution in [2.75, 3.05) is 6.61 Å². The molecule has 37 heavy (non-hydrogen) atoms. The minimum Gasteiger partial charge on any atom is -0.367 e. The predicted octanol–water partition coefficient (Wildman–Crippen LogP) is 7.63. The van der Waals surface area contributed by atoms with Crippen molar-refractivity contribution in [2.45, 2.75) is 116 Å². The number of fused-ring (bicyclic) bond motifs is 1. The van der Waals surface area contributed by atoms with Crippen molar-refractivity contribution in [1.29, 1.82) is 0 Å². The standard InChI is InChI=1S/C30H43F3N2O2/c1-4-6-8-9-11-26-27(37-26)19-36-35-15-14-25(34-30(35)33)22-13-12-21-17-23(16-20(3)10-7-5-2)28(31)29(32)24(21)18-22/h14-15,17,20,22,26-27,30H,4-13,16,18-19H2,1-3H3. The molecule has 4 nitrogen and oxygen atoms in total. The molecule has 3 aliphatic rings. The number of hydroxylamine groups is 2. The Balaban J connectivity index is 1.29. The van der Waals surface area contributed by atoms with Gasteiger partial charge in [-0.3, -0.25) is 4.84 Å². The van der Waals surface area contributed by atoms with Crippen LogP contribution in [0.15, 0.2) is 23.3 Å². The molecule has 7 heteroatoms. The molecule has 1 fully saturated rings. The number of alkyl halides is 1. The molecule has 0 spiro atoms. The van der Waals surface area contributed by atoms with Crippen LogP contribution in [0, 0.1) is 23.5 Å². The molecule has 0 amide bonds.